The Balaban J connectivity index is 2.25. The van der Waals surface area contributed by atoms with Crippen LogP contribution in [0.1, 0.15) is 24.3 Å². The Bertz CT molecular complexity index is 728. The fraction of sp³-hybridized carbons (Fsp3) is 0.267. The lowest BCUT2D eigenvalue weighted by Gasteiger charge is -2.17. The van der Waals surface area contributed by atoms with Crippen molar-refractivity contribution in [3.8, 4) is 5.69 Å². The first-order valence-corrected chi connectivity index (χ1v) is 7.63. The standard InChI is InChI=1S/C15H15BrFN3O3/c1-8(2)12(15(22)23)18-14(21)13-11(16)7-20(19-13)10-5-3-9(17)4-6-10/h3-8,12H,1-2H3,(H,18,21)(H,22,23)/t12-/m0/s1. The number of carboxylic acids is 1. The summed E-state index contributed by atoms with van der Waals surface area (Å²) in [5, 5.41) is 15.7. The number of halogens is 2. The van der Waals surface area contributed by atoms with Gasteiger partial charge < -0.3 is 10.4 Å². The number of benzene rings is 1. The lowest BCUT2D eigenvalue weighted by molar-refractivity contribution is -0.140. The van der Waals surface area contributed by atoms with E-state index in [0.29, 0.717) is 10.2 Å². The summed E-state index contributed by atoms with van der Waals surface area (Å²) >= 11 is 3.23. The van der Waals surface area contributed by atoms with Crippen LogP contribution in [0.15, 0.2) is 34.9 Å². The molecule has 0 aliphatic rings. The van der Waals surface area contributed by atoms with Gasteiger partial charge in [-0.2, -0.15) is 5.10 Å². The van der Waals surface area contributed by atoms with E-state index in [1.807, 2.05) is 0 Å². The number of nitrogens with zero attached hydrogens (tertiary/aromatic N) is 2. The van der Waals surface area contributed by atoms with Gasteiger partial charge in [0.05, 0.1) is 10.2 Å². The summed E-state index contributed by atoms with van der Waals surface area (Å²) in [5.41, 5.74) is 0.631. The molecular formula is C15H15BrFN3O3. The van der Waals surface area contributed by atoms with Crippen molar-refractivity contribution in [2.75, 3.05) is 0 Å². The molecule has 1 aromatic heterocycles. The second-order valence-electron chi connectivity index (χ2n) is 5.28. The molecule has 1 atom stereocenters. The molecule has 0 saturated heterocycles. The summed E-state index contributed by atoms with van der Waals surface area (Å²) in [6, 6.07) is 4.59. The Kier molecular flexibility index (Phi) is 5.15. The first-order valence-electron chi connectivity index (χ1n) is 6.84. The predicted molar refractivity (Wildman–Crippen MR) is 85.0 cm³/mol. The van der Waals surface area contributed by atoms with Crippen molar-refractivity contribution in [1.29, 1.82) is 0 Å². The van der Waals surface area contributed by atoms with Crippen LogP contribution in [0.25, 0.3) is 5.69 Å². The van der Waals surface area contributed by atoms with Crippen LogP contribution >= 0.6 is 15.9 Å². The Morgan fingerprint density at radius 3 is 2.43 bits per heavy atom. The van der Waals surface area contributed by atoms with E-state index in [1.54, 1.807) is 20.0 Å². The summed E-state index contributed by atoms with van der Waals surface area (Å²) in [7, 11) is 0. The second kappa shape index (κ2) is 6.91. The fourth-order valence-corrected chi connectivity index (χ4v) is 2.41. The molecule has 1 heterocycles. The van der Waals surface area contributed by atoms with Gasteiger partial charge in [0.1, 0.15) is 11.9 Å². The van der Waals surface area contributed by atoms with Crippen LogP contribution in [0.2, 0.25) is 0 Å². The molecule has 122 valence electrons. The van der Waals surface area contributed by atoms with Gasteiger partial charge in [0.15, 0.2) is 5.69 Å². The van der Waals surface area contributed by atoms with Gasteiger partial charge in [0.25, 0.3) is 5.91 Å². The van der Waals surface area contributed by atoms with Crippen molar-refractivity contribution in [2.45, 2.75) is 19.9 Å². The van der Waals surface area contributed by atoms with Gasteiger partial charge in [-0.15, -0.1) is 0 Å². The molecular weight excluding hydrogens is 369 g/mol. The molecule has 2 rings (SSSR count). The first-order chi connectivity index (χ1) is 10.8. The molecule has 1 amide bonds. The van der Waals surface area contributed by atoms with E-state index in [1.165, 1.54) is 28.9 Å². The first kappa shape index (κ1) is 17.1. The summed E-state index contributed by atoms with van der Waals surface area (Å²) in [6.07, 6.45) is 1.55. The fourth-order valence-electron chi connectivity index (χ4n) is 1.96. The van der Waals surface area contributed by atoms with E-state index in [4.69, 9.17) is 5.11 Å². The monoisotopic (exact) mass is 383 g/mol. The minimum absolute atomic E-state index is 0.0567. The zero-order chi connectivity index (χ0) is 17.1. The normalized spacial score (nSPS) is 12.2. The summed E-state index contributed by atoms with van der Waals surface area (Å²) in [5.74, 6) is -2.35. The molecule has 1 aromatic carbocycles. The number of rotatable bonds is 5. The van der Waals surface area contributed by atoms with E-state index in [9.17, 15) is 14.0 Å². The molecule has 0 unspecified atom stereocenters. The van der Waals surface area contributed by atoms with Crippen molar-refractivity contribution in [2.24, 2.45) is 5.92 Å². The second-order valence-corrected chi connectivity index (χ2v) is 6.13. The topological polar surface area (TPSA) is 84.2 Å². The number of carboxylic acid groups (broad SMARTS) is 1. The molecule has 2 aromatic rings. The maximum Gasteiger partial charge on any atom is 0.326 e. The Morgan fingerprint density at radius 1 is 1.30 bits per heavy atom. The average molecular weight is 384 g/mol. The zero-order valence-corrected chi connectivity index (χ0v) is 14.0. The smallest absolute Gasteiger partial charge is 0.326 e. The van der Waals surface area contributed by atoms with E-state index < -0.39 is 17.9 Å². The number of hydrogen-bond donors (Lipinski definition) is 2. The lowest BCUT2D eigenvalue weighted by atomic mass is 10.0. The van der Waals surface area contributed by atoms with Crippen LogP contribution in [0.3, 0.4) is 0 Å². The molecule has 2 N–H and O–H groups in total. The van der Waals surface area contributed by atoms with Crippen molar-refractivity contribution in [3.05, 3.63) is 46.4 Å². The summed E-state index contributed by atoms with van der Waals surface area (Å²) < 4.78 is 14.8. The van der Waals surface area contributed by atoms with E-state index >= 15 is 0 Å². The number of carbonyl (C=O) groups is 2. The van der Waals surface area contributed by atoms with Crippen molar-refractivity contribution in [3.63, 3.8) is 0 Å². The number of amides is 1. The highest BCUT2D eigenvalue weighted by molar-refractivity contribution is 9.10. The Labute approximate surface area is 140 Å². The van der Waals surface area contributed by atoms with Gasteiger partial charge in [-0.3, -0.25) is 4.79 Å². The SMILES string of the molecule is CC(C)[C@H](NC(=O)c1nn(-c2ccc(F)cc2)cc1Br)C(=O)O. The number of hydrogen-bond acceptors (Lipinski definition) is 3. The quantitative estimate of drug-likeness (QED) is 0.830. The molecule has 0 aliphatic heterocycles. The van der Waals surface area contributed by atoms with Crippen molar-refractivity contribution < 1.29 is 19.1 Å². The van der Waals surface area contributed by atoms with Crippen LogP contribution in [0, 0.1) is 11.7 Å². The van der Waals surface area contributed by atoms with Crippen LogP contribution in [-0.2, 0) is 4.79 Å². The van der Waals surface area contributed by atoms with Gasteiger partial charge in [0, 0.05) is 6.20 Å². The highest BCUT2D eigenvalue weighted by Crippen LogP contribution is 2.19. The molecule has 0 fully saturated rings. The largest absolute Gasteiger partial charge is 0.480 e. The number of carbonyl (C=O) groups excluding carboxylic acids is 1. The molecule has 0 bridgehead atoms. The third-order valence-corrected chi connectivity index (χ3v) is 3.78. The Hall–Kier alpha value is -2.22. The van der Waals surface area contributed by atoms with Gasteiger partial charge in [-0.05, 0) is 46.1 Å². The molecule has 0 spiro atoms. The van der Waals surface area contributed by atoms with Crippen LogP contribution in [0.5, 0.6) is 0 Å². The highest BCUT2D eigenvalue weighted by atomic mass is 79.9. The van der Waals surface area contributed by atoms with Crippen molar-refractivity contribution in [1.82, 2.24) is 15.1 Å². The van der Waals surface area contributed by atoms with Crippen LogP contribution < -0.4 is 5.32 Å². The minimum atomic E-state index is -1.11. The van der Waals surface area contributed by atoms with Gasteiger partial charge in [-0.1, -0.05) is 13.8 Å². The molecule has 0 radical (unpaired) electrons. The van der Waals surface area contributed by atoms with Crippen molar-refractivity contribution >= 4 is 27.8 Å². The average Bonchev–Trinajstić information content (AvgIpc) is 2.86. The third-order valence-electron chi connectivity index (χ3n) is 3.20. The lowest BCUT2D eigenvalue weighted by Crippen LogP contribution is -2.44. The number of aromatic nitrogens is 2. The summed E-state index contributed by atoms with van der Waals surface area (Å²) in [6.45, 7) is 3.40. The molecule has 23 heavy (non-hydrogen) atoms. The van der Waals surface area contributed by atoms with Gasteiger partial charge in [-0.25, -0.2) is 13.9 Å². The predicted octanol–water partition coefficient (Wildman–Crippen LogP) is 2.61. The summed E-state index contributed by atoms with van der Waals surface area (Å²) in [4.78, 5) is 23.4. The van der Waals surface area contributed by atoms with Crippen LogP contribution in [0.4, 0.5) is 4.39 Å². The maximum atomic E-state index is 13.0. The number of nitrogens with one attached hydrogen (secondary N) is 1. The number of aliphatic carboxylic acids is 1. The van der Waals surface area contributed by atoms with E-state index in [2.05, 4.69) is 26.3 Å². The molecule has 6 nitrogen and oxygen atoms in total. The Morgan fingerprint density at radius 2 is 1.91 bits per heavy atom. The molecule has 0 saturated carbocycles. The minimum Gasteiger partial charge on any atom is -0.480 e. The van der Waals surface area contributed by atoms with E-state index in [0.717, 1.165) is 0 Å². The zero-order valence-electron chi connectivity index (χ0n) is 12.5. The molecule has 8 heteroatoms. The highest BCUT2D eigenvalue weighted by Gasteiger charge is 2.26. The van der Waals surface area contributed by atoms with E-state index in [-0.39, 0.29) is 17.4 Å². The van der Waals surface area contributed by atoms with Gasteiger partial charge >= 0.3 is 5.97 Å². The maximum absolute atomic E-state index is 13.0. The third kappa shape index (κ3) is 3.95. The van der Waals surface area contributed by atoms with Crippen LogP contribution in [-0.4, -0.2) is 32.8 Å². The molecule has 0 aliphatic carbocycles. The van der Waals surface area contributed by atoms with Gasteiger partial charge in [0.2, 0.25) is 0 Å².